The summed E-state index contributed by atoms with van der Waals surface area (Å²) >= 11 is 0. The molecule has 0 spiro atoms. The van der Waals surface area contributed by atoms with Crippen LogP contribution in [0.5, 0.6) is 28.7 Å². The van der Waals surface area contributed by atoms with Gasteiger partial charge in [0.05, 0.1) is 34.0 Å². The van der Waals surface area contributed by atoms with Gasteiger partial charge in [-0.2, -0.15) is 0 Å². The molecule has 6 heteroatoms. The quantitative estimate of drug-likeness (QED) is 0.766. The zero-order valence-electron chi connectivity index (χ0n) is 15.1. The van der Waals surface area contributed by atoms with Crippen molar-refractivity contribution in [2.75, 3.05) is 35.0 Å². The Bertz CT molecular complexity index is 869. The van der Waals surface area contributed by atoms with Crippen molar-refractivity contribution in [1.29, 1.82) is 0 Å². The fourth-order valence-electron chi connectivity index (χ4n) is 2.79. The molecule has 2 aromatic rings. The standard InChI is InChI=1S/C20H20O6/c1-22-14-5-6-16-15(9-14)20(21)13(11-26-16)7-12-8-18(24-3)19(25-4)10-17(12)23-2/h5-10H,11H2,1-4H3/b13-7+. The van der Waals surface area contributed by atoms with Gasteiger partial charge in [-0.3, -0.25) is 4.79 Å². The van der Waals surface area contributed by atoms with Gasteiger partial charge >= 0.3 is 0 Å². The zero-order chi connectivity index (χ0) is 18.7. The van der Waals surface area contributed by atoms with Crippen LogP contribution in [0.15, 0.2) is 35.9 Å². The predicted molar refractivity (Wildman–Crippen MR) is 96.9 cm³/mol. The number of methoxy groups -OCH3 is 4. The Morgan fingerprint density at radius 3 is 2.23 bits per heavy atom. The van der Waals surface area contributed by atoms with E-state index in [0.29, 0.717) is 45.4 Å². The van der Waals surface area contributed by atoms with Gasteiger partial charge in [-0.1, -0.05) is 0 Å². The minimum absolute atomic E-state index is 0.109. The average Bonchev–Trinajstić information content (AvgIpc) is 2.69. The topological polar surface area (TPSA) is 63.2 Å². The number of ketones is 1. The first-order chi connectivity index (χ1) is 12.6. The Hall–Kier alpha value is -3.15. The first kappa shape index (κ1) is 17.7. The molecule has 0 saturated carbocycles. The zero-order valence-corrected chi connectivity index (χ0v) is 15.1. The van der Waals surface area contributed by atoms with Crippen molar-refractivity contribution in [3.63, 3.8) is 0 Å². The number of carbonyl (C=O) groups is 1. The summed E-state index contributed by atoms with van der Waals surface area (Å²) in [6.07, 6.45) is 1.74. The van der Waals surface area contributed by atoms with Crippen molar-refractivity contribution in [3.05, 3.63) is 47.0 Å². The summed E-state index contributed by atoms with van der Waals surface area (Å²) in [6, 6.07) is 8.66. The average molecular weight is 356 g/mol. The van der Waals surface area contributed by atoms with E-state index < -0.39 is 0 Å². The van der Waals surface area contributed by atoms with Crippen molar-refractivity contribution < 1.29 is 28.5 Å². The van der Waals surface area contributed by atoms with Gasteiger partial charge in [0.25, 0.3) is 0 Å². The number of fused-ring (bicyclic) bond motifs is 1. The molecule has 26 heavy (non-hydrogen) atoms. The molecule has 1 heterocycles. The van der Waals surface area contributed by atoms with Crippen molar-refractivity contribution >= 4 is 11.9 Å². The molecule has 0 bridgehead atoms. The molecule has 0 aromatic heterocycles. The third-order valence-corrected chi connectivity index (χ3v) is 4.17. The molecule has 0 fully saturated rings. The monoisotopic (exact) mass is 356 g/mol. The molecule has 0 N–H and O–H groups in total. The van der Waals surface area contributed by atoms with Crippen LogP contribution < -0.4 is 23.7 Å². The third-order valence-electron chi connectivity index (χ3n) is 4.17. The van der Waals surface area contributed by atoms with Crippen LogP contribution in [-0.2, 0) is 0 Å². The molecular weight excluding hydrogens is 336 g/mol. The lowest BCUT2D eigenvalue weighted by molar-refractivity contribution is 0.100. The molecule has 0 unspecified atom stereocenters. The van der Waals surface area contributed by atoms with E-state index in [-0.39, 0.29) is 12.4 Å². The number of ether oxygens (including phenoxy) is 5. The molecule has 0 aliphatic carbocycles. The number of hydrogen-bond acceptors (Lipinski definition) is 6. The lowest BCUT2D eigenvalue weighted by Gasteiger charge is -2.20. The number of hydrogen-bond donors (Lipinski definition) is 0. The summed E-state index contributed by atoms with van der Waals surface area (Å²) < 4.78 is 26.9. The second-order valence-electron chi connectivity index (χ2n) is 5.60. The van der Waals surface area contributed by atoms with Gasteiger partial charge in [0.15, 0.2) is 17.3 Å². The second-order valence-corrected chi connectivity index (χ2v) is 5.60. The Morgan fingerprint density at radius 1 is 0.885 bits per heavy atom. The fraction of sp³-hybridized carbons (Fsp3) is 0.250. The Balaban J connectivity index is 2.04. The Labute approximate surface area is 151 Å². The molecular formula is C20H20O6. The summed E-state index contributed by atoms with van der Waals surface area (Å²) in [4.78, 5) is 12.9. The van der Waals surface area contributed by atoms with E-state index in [1.807, 2.05) is 0 Å². The van der Waals surface area contributed by atoms with Gasteiger partial charge < -0.3 is 23.7 Å². The highest BCUT2D eigenvalue weighted by Gasteiger charge is 2.24. The maximum Gasteiger partial charge on any atom is 0.196 e. The second kappa shape index (κ2) is 7.39. The minimum atomic E-state index is -0.109. The normalized spacial score (nSPS) is 14.5. The number of benzene rings is 2. The van der Waals surface area contributed by atoms with Gasteiger partial charge in [-0.25, -0.2) is 0 Å². The van der Waals surface area contributed by atoms with Gasteiger partial charge in [-0.05, 0) is 30.3 Å². The Morgan fingerprint density at radius 2 is 1.58 bits per heavy atom. The van der Waals surface area contributed by atoms with Crippen LogP contribution in [0, 0.1) is 0 Å². The maximum absolute atomic E-state index is 12.9. The van der Waals surface area contributed by atoms with Crippen LogP contribution >= 0.6 is 0 Å². The van der Waals surface area contributed by atoms with E-state index in [1.54, 1.807) is 64.8 Å². The predicted octanol–water partition coefficient (Wildman–Crippen LogP) is 3.38. The van der Waals surface area contributed by atoms with Gasteiger partial charge in [0.2, 0.25) is 0 Å². The van der Waals surface area contributed by atoms with E-state index in [2.05, 4.69) is 0 Å². The van der Waals surface area contributed by atoms with Gasteiger partial charge in [0.1, 0.15) is 23.9 Å². The lowest BCUT2D eigenvalue weighted by Crippen LogP contribution is -2.19. The van der Waals surface area contributed by atoms with Crippen molar-refractivity contribution in [2.45, 2.75) is 0 Å². The first-order valence-corrected chi connectivity index (χ1v) is 7.97. The summed E-state index contributed by atoms with van der Waals surface area (Å²) in [5.41, 5.74) is 1.68. The van der Waals surface area contributed by atoms with E-state index in [4.69, 9.17) is 23.7 Å². The molecule has 0 atom stereocenters. The molecule has 1 aliphatic rings. The van der Waals surface area contributed by atoms with Crippen LogP contribution in [-0.4, -0.2) is 40.8 Å². The lowest BCUT2D eigenvalue weighted by atomic mass is 9.97. The molecule has 0 amide bonds. The van der Waals surface area contributed by atoms with E-state index in [0.717, 1.165) is 0 Å². The molecule has 6 nitrogen and oxygen atoms in total. The largest absolute Gasteiger partial charge is 0.497 e. The highest BCUT2D eigenvalue weighted by Crippen LogP contribution is 2.37. The third kappa shape index (κ3) is 3.18. The first-order valence-electron chi connectivity index (χ1n) is 7.97. The number of rotatable bonds is 5. The summed E-state index contributed by atoms with van der Waals surface area (Å²) in [5, 5.41) is 0. The van der Waals surface area contributed by atoms with E-state index in [1.165, 1.54) is 0 Å². The maximum atomic E-state index is 12.9. The molecule has 0 saturated heterocycles. The van der Waals surface area contributed by atoms with Crippen LogP contribution in [0.2, 0.25) is 0 Å². The van der Waals surface area contributed by atoms with E-state index in [9.17, 15) is 4.79 Å². The van der Waals surface area contributed by atoms with Gasteiger partial charge in [-0.15, -0.1) is 0 Å². The summed E-state index contributed by atoms with van der Waals surface area (Å²) in [5.74, 6) is 2.71. The van der Waals surface area contributed by atoms with E-state index >= 15 is 0 Å². The smallest absolute Gasteiger partial charge is 0.196 e. The molecule has 2 aromatic carbocycles. The highest BCUT2D eigenvalue weighted by molar-refractivity contribution is 6.14. The highest BCUT2D eigenvalue weighted by atomic mass is 16.5. The van der Waals surface area contributed by atoms with Crippen molar-refractivity contribution in [3.8, 4) is 28.7 Å². The van der Waals surface area contributed by atoms with Crippen molar-refractivity contribution in [1.82, 2.24) is 0 Å². The molecule has 136 valence electrons. The molecule has 3 rings (SSSR count). The number of Topliss-reactive ketones (excluding diaryl/α,β-unsaturated/α-hetero) is 1. The summed E-state index contributed by atoms with van der Waals surface area (Å²) in [6.45, 7) is 0.176. The Kier molecular flexibility index (Phi) is 5.02. The van der Waals surface area contributed by atoms with Gasteiger partial charge in [0, 0.05) is 17.2 Å². The van der Waals surface area contributed by atoms with Crippen LogP contribution in [0.25, 0.3) is 6.08 Å². The minimum Gasteiger partial charge on any atom is -0.497 e. The van der Waals surface area contributed by atoms with Crippen molar-refractivity contribution in [2.24, 2.45) is 0 Å². The van der Waals surface area contributed by atoms with Crippen LogP contribution in [0.4, 0.5) is 0 Å². The van der Waals surface area contributed by atoms with Crippen LogP contribution in [0.1, 0.15) is 15.9 Å². The molecule has 1 aliphatic heterocycles. The fourth-order valence-corrected chi connectivity index (χ4v) is 2.79. The van der Waals surface area contributed by atoms with Crippen LogP contribution in [0.3, 0.4) is 0 Å². The number of carbonyl (C=O) groups excluding carboxylic acids is 1. The SMILES string of the molecule is COc1ccc2c(c1)C(=O)/C(=C/c1cc(OC)c(OC)cc1OC)CO2. The molecule has 0 radical (unpaired) electrons. The summed E-state index contributed by atoms with van der Waals surface area (Å²) in [7, 11) is 6.22.